The van der Waals surface area contributed by atoms with Crippen LogP contribution in [0.2, 0.25) is 0 Å². The maximum atomic E-state index is 11.9. The normalized spacial score (nSPS) is 11.2. The summed E-state index contributed by atoms with van der Waals surface area (Å²) in [5.41, 5.74) is 2.19. The summed E-state index contributed by atoms with van der Waals surface area (Å²) in [6.07, 6.45) is 20.1. The van der Waals surface area contributed by atoms with Crippen molar-refractivity contribution in [1.29, 1.82) is 0 Å². The van der Waals surface area contributed by atoms with Crippen LogP contribution in [-0.2, 0) is 9.53 Å². The number of rotatable bonds is 21. The van der Waals surface area contributed by atoms with Crippen LogP contribution in [0.1, 0.15) is 104 Å². The zero-order valence-electron chi connectivity index (χ0n) is 23.9. The molecule has 2 aromatic heterocycles. The van der Waals surface area contributed by atoms with Gasteiger partial charge in [0, 0.05) is 0 Å². The van der Waals surface area contributed by atoms with Gasteiger partial charge in [-0.25, -0.2) is 9.97 Å². The summed E-state index contributed by atoms with van der Waals surface area (Å²) in [5, 5.41) is 5.43. The van der Waals surface area contributed by atoms with Gasteiger partial charge in [-0.1, -0.05) is 120 Å². The Morgan fingerprint density at radius 2 is 1.41 bits per heavy atom. The molecule has 0 aliphatic heterocycles. The van der Waals surface area contributed by atoms with Crippen molar-refractivity contribution < 1.29 is 14.3 Å². The lowest BCUT2D eigenvalue weighted by Gasteiger charge is -2.09. The number of esters is 1. The molecular weight excluding hydrogens is 508 g/mol. The number of unbranched alkanes of at least 4 members (excludes halogenated alkanes) is 13. The van der Waals surface area contributed by atoms with Gasteiger partial charge in [-0.15, -0.1) is 0 Å². The van der Waals surface area contributed by atoms with Gasteiger partial charge in [-0.2, -0.15) is 9.78 Å². The number of fused-ring (bicyclic) bond motifs is 1. The van der Waals surface area contributed by atoms with E-state index in [-0.39, 0.29) is 11.7 Å². The van der Waals surface area contributed by atoms with Crippen LogP contribution < -0.4 is 4.74 Å². The molecule has 0 fully saturated rings. The number of ether oxygens (including phenoxy) is 2. The molecule has 3 aromatic rings. The van der Waals surface area contributed by atoms with Crippen molar-refractivity contribution in [3.8, 4) is 11.6 Å². The number of benzene rings is 1. The minimum Gasteiger partial charge on any atom is -0.476 e. The molecule has 0 bridgehead atoms. The van der Waals surface area contributed by atoms with Gasteiger partial charge in [0.2, 0.25) is 5.88 Å². The van der Waals surface area contributed by atoms with E-state index in [9.17, 15) is 4.79 Å². The van der Waals surface area contributed by atoms with E-state index in [2.05, 4.69) is 16.9 Å². The molecule has 214 valence electrons. The molecule has 0 unspecified atom stereocenters. The first kappa shape index (κ1) is 30.9. The number of hydrogen-bond donors (Lipinski definition) is 0. The Kier molecular flexibility index (Phi) is 14.8. The molecule has 2 heterocycles. The second kappa shape index (κ2) is 18.6. The highest BCUT2D eigenvalue weighted by atomic mass is 32.2. The largest absolute Gasteiger partial charge is 0.476 e. The second-order valence-corrected chi connectivity index (χ2v) is 10.9. The molecule has 0 aliphatic rings. The van der Waals surface area contributed by atoms with Crippen molar-refractivity contribution in [2.24, 2.45) is 0 Å². The third-order valence-electron chi connectivity index (χ3n) is 6.75. The number of para-hydroxylation sites is 1. The topological polar surface area (TPSA) is 79.1 Å². The zero-order valence-corrected chi connectivity index (χ0v) is 24.7. The van der Waals surface area contributed by atoms with Gasteiger partial charge in [0.25, 0.3) is 0 Å². The van der Waals surface area contributed by atoms with Crippen molar-refractivity contribution in [2.75, 3.05) is 19.0 Å². The van der Waals surface area contributed by atoms with Crippen molar-refractivity contribution >= 4 is 28.8 Å². The number of carbonyl (C=O) groups is 1. The highest BCUT2D eigenvalue weighted by Crippen LogP contribution is 2.32. The van der Waals surface area contributed by atoms with E-state index in [4.69, 9.17) is 14.6 Å². The van der Waals surface area contributed by atoms with Gasteiger partial charge >= 0.3 is 5.97 Å². The fourth-order valence-electron chi connectivity index (χ4n) is 4.63. The standard InChI is InChI=1S/C31H46N4O3S/c1-3-5-6-7-8-9-10-11-12-13-14-15-16-20-23-38-31-29-28(34-35(31)26-21-18-17-19-22-26)30(33-25-32-29)39-24-27(36)37-4-2/h17-19,21-22,25H,3-16,20,23-24H2,1-2H3. The van der Waals surface area contributed by atoms with Crippen LogP contribution in [0.3, 0.4) is 0 Å². The molecule has 7 nitrogen and oxygen atoms in total. The predicted octanol–water partition coefficient (Wildman–Crippen LogP) is 8.33. The van der Waals surface area contributed by atoms with E-state index in [1.54, 1.807) is 11.6 Å². The van der Waals surface area contributed by atoms with E-state index in [1.807, 2.05) is 30.3 Å². The summed E-state index contributed by atoms with van der Waals surface area (Å²) in [4.78, 5) is 20.7. The van der Waals surface area contributed by atoms with Crippen molar-refractivity contribution in [3.05, 3.63) is 36.7 Å². The minimum atomic E-state index is -0.272. The summed E-state index contributed by atoms with van der Waals surface area (Å²) in [5.74, 6) is 0.519. The molecule has 0 radical (unpaired) electrons. The van der Waals surface area contributed by atoms with Gasteiger partial charge in [0.05, 0.1) is 24.7 Å². The van der Waals surface area contributed by atoms with Crippen LogP contribution in [0.25, 0.3) is 16.7 Å². The number of nitrogens with zero attached hydrogens (tertiary/aromatic N) is 4. The van der Waals surface area contributed by atoms with Crippen LogP contribution >= 0.6 is 11.8 Å². The minimum absolute atomic E-state index is 0.174. The SMILES string of the molecule is CCCCCCCCCCCCCCCCOc1c2ncnc(SCC(=O)OCC)c2nn1-c1ccccc1. The predicted molar refractivity (Wildman–Crippen MR) is 160 cm³/mol. The van der Waals surface area contributed by atoms with Gasteiger partial charge in [-0.3, -0.25) is 4.79 Å². The number of carbonyl (C=O) groups excluding carboxylic acids is 1. The Hall–Kier alpha value is -2.61. The Morgan fingerprint density at radius 1 is 0.795 bits per heavy atom. The molecule has 3 rings (SSSR count). The fourth-order valence-corrected chi connectivity index (χ4v) is 5.36. The molecule has 39 heavy (non-hydrogen) atoms. The van der Waals surface area contributed by atoms with E-state index >= 15 is 0 Å². The molecular formula is C31H46N4O3S. The average molecular weight is 555 g/mol. The molecule has 0 aliphatic carbocycles. The van der Waals surface area contributed by atoms with Gasteiger partial charge in [0.1, 0.15) is 16.9 Å². The van der Waals surface area contributed by atoms with Gasteiger partial charge in [0.15, 0.2) is 5.52 Å². The summed E-state index contributed by atoms with van der Waals surface area (Å²) >= 11 is 1.31. The second-order valence-electron chi connectivity index (χ2n) is 9.97. The van der Waals surface area contributed by atoms with E-state index < -0.39 is 0 Å². The summed E-state index contributed by atoms with van der Waals surface area (Å²) in [6.45, 7) is 5.05. The van der Waals surface area contributed by atoms with Crippen molar-refractivity contribution in [1.82, 2.24) is 19.7 Å². The maximum Gasteiger partial charge on any atom is 0.316 e. The lowest BCUT2D eigenvalue weighted by Crippen LogP contribution is -2.06. The average Bonchev–Trinajstić information content (AvgIpc) is 3.33. The number of aromatic nitrogens is 4. The molecule has 1 aromatic carbocycles. The Balaban J connectivity index is 1.45. The van der Waals surface area contributed by atoms with Crippen molar-refractivity contribution in [2.45, 2.75) is 109 Å². The first-order valence-corrected chi connectivity index (χ1v) is 15.9. The Bertz CT molecular complexity index is 1090. The quantitative estimate of drug-likeness (QED) is 0.0567. The molecule has 0 N–H and O–H groups in total. The highest BCUT2D eigenvalue weighted by Gasteiger charge is 2.20. The lowest BCUT2D eigenvalue weighted by atomic mass is 10.0. The summed E-state index contributed by atoms with van der Waals surface area (Å²) < 4.78 is 13.1. The smallest absolute Gasteiger partial charge is 0.316 e. The molecule has 8 heteroatoms. The van der Waals surface area contributed by atoms with Crippen molar-refractivity contribution in [3.63, 3.8) is 0 Å². The van der Waals surface area contributed by atoms with E-state index in [0.29, 0.717) is 35.2 Å². The summed E-state index contributed by atoms with van der Waals surface area (Å²) in [6, 6.07) is 9.90. The number of hydrogen-bond acceptors (Lipinski definition) is 7. The first-order valence-electron chi connectivity index (χ1n) is 14.9. The van der Waals surface area contributed by atoms with Crippen LogP contribution in [0.4, 0.5) is 0 Å². The van der Waals surface area contributed by atoms with Crippen LogP contribution in [0.5, 0.6) is 5.88 Å². The maximum absolute atomic E-state index is 11.9. The molecule has 0 spiro atoms. The third kappa shape index (κ3) is 10.8. The van der Waals surface area contributed by atoms with Crippen LogP contribution in [-0.4, -0.2) is 44.7 Å². The highest BCUT2D eigenvalue weighted by molar-refractivity contribution is 8.00. The van der Waals surface area contributed by atoms with Crippen LogP contribution in [0, 0.1) is 0 Å². The van der Waals surface area contributed by atoms with Gasteiger partial charge < -0.3 is 9.47 Å². The van der Waals surface area contributed by atoms with E-state index in [0.717, 1.165) is 18.5 Å². The molecule has 0 saturated heterocycles. The zero-order chi connectivity index (χ0) is 27.5. The fraction of sp³-hybridized carbons (Fsp3) is 0.613. The van der Waals surface area contributed by atoms with Gasteiger partial charge in [-0.05, 0) is 25.5 Å². The molecule has 0 saturated carbocycles. The van der Waals surface area contributed by atoms with E-state index in [1.165, 1.54) is 95.1 Å². The molecule has 0 atom stereocenters. The third-order valence-corrected chi connectivity index (χ3v) is 7.71. The Labute approximate surface area is 238 Å². The first-order chi connectivity index (χ1) is 19.2. The number of thioether (sulfide) groups is 1. The summed E-state index contributed by atoms with van der Waals surface area (Å²) in [7, 11) is 0. The lowest BCUT2D eigenvalue weighted by molar-refractivity contribution is -0.139. The monoisotopic (exact) mass is 554 g/mol. The Morgan fingerprint density at radius 3 is 2.03 bits per heavy atom. The molecule has 0 amide bonds. The van der Waals surface area contributed by atoms with Crippen LogP contribution in [0.15, 0.2) is 41.7 Å².